The Morgan fingerprint density at radius 2 is 1.80 bits per heavy atom. The van der Waals surface area contributed by atoms with Crippen LogP contribution in [0.2, 0.25) is 0 Å². The normalized spacial score (nSPS) is 13.7. The molecule has 2 N–H and O–H groups in total. The van der Waals surface area contributed by atoms with Crippen molar-refractivity contribution in [2.45, 2.75) is 32.9 Å². The average Bonchev–Trinajstić information content (AvgIpc) is 2.56. The van der Waals surface area contributed by atoms with Gasteiger partial charge in [-0.1, -0.05) is 18.2 Å². The minimum Gasteiger partial charge on any atom is -0.345 e. The largest absolute Gasteiger partial charge is 0.345 e. The lowest BCUT2D eigenvalue weighted by Crippen LogP contribution is -2.04. The fraction of sp³-hybridized carbons (Fsp3) is 0.385. The molecule has 1 atom stereocenters. The molecular formula is C13H18N2. The molecule has 80 valence electrons. The SMILES string of the molecule is CC(C)n1cc([C@@H](C)N)c2ccccc21. The Kier molecular flexibility index (Phi) is 2.53. The summed E-state index contributed by atoms with van der Waals surface area (Å²) in [6.45, 7) is 6.42. The van der Waals surface area contributed by atoms with Gasteiger partial charge in [-0.05, 0) is 32.4 Å². The number of hydrogen-bond acceptors (Lipinski definition) is 1. The molecule has 0 radical (unpaired) electrons. The van der Waals surface area contributed by atoms with Crippen molar-refractivity contribution in [3.05, 3.63) is 36.0 Å². The van der Waals surface area contributed by atoms with Crippen LogP contribution in [0.4, 0.5) is 0 Å². The van der Waals surface area contributed by atoms with Gasteiger partial charge in [-0.25, -0.2) is 0 Å². The summed E-state index contributed by atoms with van der Waals surface area (Å²) in [5.41, 5.74) is 8.49. The monoisotopic (exact) mass is 202 g/mol. The molecule has 0 bridgehead atoms. The first kappa shape index (κ1) is 10.2. The van der Waals surface area contributed by atoms with E-state index < -0.39 is 0 Å². The first-order valence-electron chi connectivity index (χ1n) is 5.46. The summed E-state index contributed by atoms with van der Waals surface area (Å²) in [6.07, 6.45) is 2.18. The summed E-state index contributed by atoms with van der Waals surface area (Å²) in [6, 6.07) is 9.01. The summed E-state index contributed by atoms with van der Waals surface area (Å²) in [7, 11) is 0. The number of nitrogens with zero attached hydrogens (tertiary/aromatic N) is 1. The second-order valence-electron chi connectivity index (χ2n) is 4.39. The molecule has 2 heteroatoms. The highest BCUT2D eigenvalue weighted by Gasteiger charge is 2.11. The zero-order chi connectivity index (χ0) is 11.0. The number of rotatable bonds is 2. The highest BCUT2D eigenvalue weighted by Crippen LogP contribution is 2.27. The predicted molar refractivity (Wildman–Crippen MR) is 64.9 cm³/mol. The standard InChI is InChI=1S/C13H18N2/c1-9(2)15-8-12(10(3)14)11-6-4-5-7-13(11)15/h4-10H,14H2,1-3H3/t10-/m1/s1. The number of nitrogens with two attached hydrogens (primary N) is 1. The minimum atomic E-state index is 0.0925. The highest BCUT2D eigenvalue weighted by atomic mass is 15.0. The molecule has 1 aromatic heterocycles. The van der Waals surface area contributed by atoms with Crippen molar-refractivity contribution in [2.75, 3.05) is 0 Å². The van der Waals surface area contributed by atoms with Crippen LogP contribution in [0.15, 0.2) is 30.5 Å². The molecule has 0 fully saturated rings. The van der Waals surface area contributed by atoms with Crippen LogP contribution >= 0.6 is 0 Å². The van der Waals surface area contributed by atoms with Gasteiger partial charge in [0.25, 0.3) is 0 Å². The quantitative estimate of drug-likeness (QED) is 0.796. The van der Waals surface area contributed by atoms with Crippen LogP contribution in [-0.4, -0.2) is 4.57 Å². The van der Waals surface area contributed by atoms with E-state index in [9.17, 15) is 0 Å². The molecular weight excluding hydrogens is 184 g/mol. The van der Waals surface area contributed by atoms with Crippen molar-refractivity contribution in [1.29, 1.82) is 0 Å². The lowest BCUT2D eigenvalue weighted by molar-refractivity contribution is 0.618. The molecule has 0 saturated carbocycles. The van der Waals surface area contributed by atoms with Crippen LogP contribution in [0.5, 0.6) is 0 Å². The molecule has 0 aliphatic carbocycles. The molecule has 0 unspecified atom stereocenters. The van der Waals surface area contributed by atoms with Gasteiger partial charge >= 0.3 is 0 Å². The summed E-state index contributed by atoms with van der Waals surface area (Å²) < 4.78 is 2.29. The van der Waals surface area contributed by atoms with Gasteiger partial charge in [-0.3, -0.25) is 0 Å². The Morgan fingerprint density at radius 3 is 2.40 bits per heavy atom. The minimum absolute atomic E-state index is 0.0925. The topological polar surface area (TPSA) is 30.9 Å². The van der Waals surface area contributed by atoms with Crippen LogP contribution < -0.4 is 5.73 Å². The first-order valence-corrected chi connectivity index (χ1v) is 5.46. The Labute approximate surface area is 90.7 Å². The maximum atomic E-state index is 5.98. The van der Waals surface area contributed by atoms with Crippen molar-refractivity contribution in [3.63, 3.8) is 0 Å². The highest BCUT2D eigenvalue weighted by molar-refractivity contribution is 5.84. The molecule has 0 spiro atoms. The molecule has 0 saturated heterocycles. The van der Waals surface area contributed by atoms with Crippen molar-refractivity contribution in [3.8, 4) is 0 Å². The van der Waals surface area contributed by atoms with E-state index in [1.807, 2.05) is 6.92 Å². The maximum Gasteiger partial charge on any atom is 0.0486 e. The third kappa shape index (κ3) is 1.65. The van der Waals surface area contributed by atoms with Gasteiger partial charge in [-0.15, -0.1) is 0 Å². The van der Waals surface area contributed by atoms with E-state index in [4.69, 9.17) is 5.73 Å². The van der Waals surface area contributed by atoms with Gasteiger partial charge in [0, 0.05) is 29.2 Å². The van der Waals surface area contributed by atoms with Crippen LogP contribution in [0.1, 0.15) is 38.4 Å². The lowest BCUT2D eigenvalue weighted by atomic mass is 10.1. The van der Waals surface area contributed by atoms with Crippen LogP contribution in [0.3, 0.4) is 0 Å². The second kappa shape index (κ2) is 3.70. The Hall–Kier alpha value is -1.28. The molecule has 2 aromatic rings. The van der Waals surface area contributed by atoms with Gasteiger partial charge in [0.1, 0.15) is 0 Å². The van der Waals surface area contributed by atoms with E-state index >= 15 is 0 Å². The van der Waals surface area contributed by atoms with Gasteiger partial charge in [0.15, 0.2) is 0 Å². The summed E-state index contributed by atoms with van der Waals surface area (Å²) in [4.78, 5) is 0. The maximum absolute atomic E-state index is 5.98. The number of para-hydroxylation sites is 1. The summed E-state index contributed by atoms with van der Waals surface area (Å²) in [5.74, 6) is 0. The molecule has 0 aliphatic rings. The van der Waals surface area contributed by atoms with Gasteiger partial charge in [0.2, 0.25) is 0 Å². The molecule has 1 aromatic carbocycles. The van der Waals surface area contributed by atoms with Crippen LogP contribution in [0.25, 0.3) is 10.9 Å². The first-order chi connectivity index (χ1) is 7.11. The van der Waals surface area contributed by atoms with Gasteiger partial charge in [-0.2, -0.15) is 0 Å². The molecule has 1 heterocycles. The number of benzene rings is 1. The van der Waals surface area contributed by atoms with Crippen molar-refractivity contribution in [1.82, 2.24) is 4.57 Å². The van der Waals surface area contributed by atoms with E-state index in [2.05, 4.69) is 48.9 Å². The van der Waals surface area contributed by atoms with Crippen LogP contribution in [0, 0.1) is 0 Å². The Bertz CT molecular complexity index is 424. The molecule has 15 heavy (non-hydrogen) atoms. The van der Waals surface area contributed by atoms with Crippen molar-refractivity contribution in [2.24, 2.45) is 5.73 Å². The smallest absolute Gasteiger partial charge is 0.0486 e. The molecule has 2 rings (SSSR count). The zero-order valence-electron chi connectivity index (χ0n) is 9.57. The van der Waals surface area contributed by atoms with Crippen molar-refractivity contribution < 1.29 is 0 Å². The third-order valence-corrected chi connectivity index (χ3v) is 2.82. The van der Waals surface area contributed by atoms with E-state index in [1.165, 1.54) is 16.5 Å². The van der Waals surface area contributed by atoms with E-state index in [1.54, 1.807) is 0 Å². The average molecular weight is 202 g/mol. The lowest BCUT2D eigenvalue weighted by Gasteiger charge is -2.08. The molecule has 0 aliphatic heterocycles. The number of fused-ring (bicyclic) bond motifs is 1. The van der Waals surface area contributed by atoms with E-state index in [0.29, 0.717) is 6.04 Å². The Morgan fingerprint density at radius 1 is 1.13 bits per heavy atom. The van der Waals surface area contributed by atoms with Crippen LogP contribution in [-0.2, 0) is 0 Å². The number of hydrogen-bond donors (Lipinski definition) is 1. The van der Waals surface area contributed by atoms with Gasteiger partial charge < -0.3 is 10.3 Å². The van der Waals surface area contributed by atoms with E-state index in [-0.39, 0.29) is 6.04 Å². The summed E-state index contributed by atoms with van der Waals surface area (Å²) >= 11 is 0. The predicted octanol–water partition coefficient (Wildman–Crippen LogP) is 3.24. The fourth-order valence-electron chi connectivity index (χ4n) is 2.02. The molecule has 2 nitrogen and oxygen atoms in total. The third-order valence-electron chi connectivity index (χ3n) is 2.82. The fourth-order valence-corrected chi connectivity index (χ4v) is 2.02. The zero-order valence-corrected chi connectivity index (χ0v) is 9.57. The second-order valence-corrected chi connectivity index (χ2v) is 4.39. The van der Waals surface area contributed by atoms with E-state index in [0.717, 1.165) is 0 Å². The molecule has 0 amide bonds. The Balaban J connectivity index is 2.73. The summed E-state index contributed by atoms with van der Waals surface area (Å²) in [5, 5.41) is 1.28. The number of aromatic nitrogens is 1. The van der Waals surface area contributed by atoms with Crippen molar-refractivity contribution >= 4 is 10.9 Å². The van der Waals surface area contributed by atoms with Gasteiger partial charge in [0.05, 0.1) is 0 Å².